The largest absolute Gasteiger partial charge is 0.347 e. The van der Waals surface area contributed by atoms with Gasteiger partial charge in [0.15, 0.2) is 5.13 Å². The summed E-state index contributed by atoms with van der Waals surface area (Å²) in [4.78, 5) is 28.3. The Bertz CT molecular complexity index is 890. The van der Waals surface area contributed by atoms with Crippen LogP contribution < -0.4 is 10.6 Å². The summed E-state index contributed by atoms with van der Waals surface area (Å²) in [5.41, 5.74) is 3.02. The Hall–Kier alpha value is -2.73. The van der Waals surface area contributed by atoms with Gasteiger partial charge in [-0.25, -0.2) is 4.98 Å². The van der Waals surface area contributed by atoms with E-state index in [1.165, 1.54) is 16.9 Å². The lowest BCUT2D eigenvalue weighted by Gasteiger charge is -2.05. The molecule has 2 aromatic carbocycles. The number of thiazole rings is 1. The summed E-state index contributed by atoms with van der Waals surface area (Å²) in [5, 5.41) is 5.92. The molecule has 128 valence electrons. The first kappa shape index (κ1) is 17.1. The third-order valence-corrected chi connectivity index (χ3v) is 4.69. The van der Waals surface area contributed by atoms with Crippen molar-refractivity contribution < 1.29 is 9.59 Å². The van der Waals surface area contributed by atoms with Gasteiger partial charge in [-0.15, -0.1) is 0 Å². The molecule has 2 N–H and O–H groups in total. The van der Waals surface area contributed by atoms with Gasteiger partial charge in [-0.2, -0.15) is 0 Å². The zero-order chi connectivity index (χ0) is 17.6. The maximum Gasteiger partial charge on any atom is 0.245 e. The van der Waals surface area contributed by atoms with E-state index in [1.807, 2.05) is 42.5 Å². The smallest absolute Gasteiger partial charge is 0.245 e. The van der Waals surface area contributed by atoms with Gasteiger partial charge in [0.05, 0.1) is 23.2 Å². The van der Waals surface area contributed by atoms with Gasteiger partial charge in [-0.3, -0.25) is 9.59 Å². The van der Waals surface area contributed by atoms with E-state index in [1.54, 1.807) is 0 Å². The minimum atomic E-state index is -0.281. The van der Waals surface area contributed by atoms with Crippen molar-refractivity contribution in [3.63, 3.8) is 0 Å². The number of hydrogen-bond donors (Lipinski definition) is 2. The minimum Gasteiger partial charge on any atom is -0.347 e. The number of carbonyl (C=O) groups is 2. The first-order valence-corrected chi connectivity index (χ1v) is 8.95. The summed E-state index contributed by atoms with van der Waals surface area (Å²) in [6.45, 7) is 2.03. The fourth-order valence-corrected chi connectivity index (χ4v) is 3.37. The monoisotopic (exact) mass is 353 g/mol. The lowest BCUT2D eigenvalue weighted by atomic mass is 10.1. The Morgan fingerprint density at radius 3 is 2.60 bits per heavy atom. The third-order valence-electron chi connectivity index (χ3n) is 3.76. The molecule has 0 saturated heterocycles. The number of aromatic nitrogens is 1. The number of amides is 2. The van der Waals surface area contributed by atoms with Crippen molar-refractivity contribution in [2.24, 2.45) is 0 Å². The number of hydrogen-bond acceptors (Lipinski definition) is 4. The molecule has 0 unspecified atom stereocenters. The second-order valence-electron chi connectivity index (χ2n) is 5.66. The molecule has 25 heavy (non-hydrogen) atoms. The molecule has 6 heteroatoms. The van der Waals surface area contributed by atoms with E-state index in [4.69, 9.17) is 0 Å². The number of benzene rings is 2. The zero-order valence-corrected chi connectivity index (χ0v) is 14.7. The molecule has 1 aromatic heterocycles. The van der Waals surface area contributed by atoms with Gasteiger partial charge in [0, 0.05) is 0 Å². The summed E-state index contributed by atoms with van der Waals surface area (Å²) >= 11 is 1.44. The predicted molar refractivity (Wildman–Crippen MR) is 101 cm³/mol. The summed E-state index contributed by atoms with van der Waals surface area (Å²) in [7, 11) is 0. The van der Waals surface area contributed by atoms with Crippen LogP contribution in [0, 0.1) is 0 Å². The van der Waals surface area contributed by atoms with Crippen LogP contribution in [0.15, 0.2) is 48.5 Å². The second-order valence-corrected chi connectivity index (χ2v) is 6.69. The van der Waals surface area contributed by atoms with E-state index in [2.05, 4.69) is 28.6 Å². The number of nitrogens with zero attached hydrogens (tertiary/aromatic N) is 1. The molecule has 0 saturated carbocycles. The topological polar surface area (TPSA) is 71.1 Å². The highest BCUT2D eigenvalue weighted by Gasteiger charge is 2.10. The van der Waals surface area contributed by atoms with Crippen molar-refractivity contribution >= 4 is 38.5 Å². The Balaban J connectivity index is 1.53. The molecule has 3 aromatic rings. The van der Waals surface area contributed by atoms with Gasteiger partial charge in [0.1, 0.15) is 0 Å². The normalized spacial score (nSPS) is 10.6. The van der Waals surface area contributed by atoms with Crippen molar-refractivity contribution in [2.75, 3.05) is 11.9 Å². The summed E-state index contributed by atoms with van der Waals surface area (Å²) < 4.78 is 1.04. The van der Waals surface area contributed by atoms with Crippen molar-refractivity contribution in [1.29, 1.82) is 0 Å². The van der Waals surface area contributed by atoms with Crippen molar-refractivity contribution in [3.05, 3.63) is 59.7 Å². The average Bonchev–Trinajstić information content (AvgIpc) is 3.02. The Morgan fingerprint density at radius 2 is 1.84 bits per heavy atom. The van der Waals surface area contributed by atoms with Crippen LogP contribution in [0.2, 0.25) is 0 Å². The van der Waals surface area contributed by atoms with Crippen LogP contribution in [0.4, 0.5) is 5.13 Å². The first-order valence-electron chi connectivity index (χ1n) is 8.14. The highest BCUT2D eigenvalue weighted by molar-refractivity contribution is 7.22. The number of fused-ring (bicyclic) bond motifs is 1. The van der Waals surface area contributed by atoms with Crippen LogP contribution in [-0.4, -0.2) is 23.3 Å². The Labute approximate surface area is 150 Å². The SMILES string of the molecule is CCc1ccc2nc(NC(=O)CNC(=O)Cc3ccccc3)sc2c1. The Morgan fingerprint density at radius 1 is 1.04 bits per heavy atom. The molecule has 3 rings (SSSR count). The maximum absolute atomic E-state index is 12.0. The van der Waals surface area contributed by atoms with Crippen LogP contribution in [0.25, 0.3) is 10.2 Å². The lowest BCUT2D eigenvalue weighted by Crippen LogP contribution is -2.33. The molecule has 1 heterocycles. The van der Waals surface area contributed by atoms with Gasteiger partial charge in [0.2, 0.25) is 11.8 Å². The number of aryl methyl sites for hydroxylation is 1. The van der Waals surface area contributed by atoms with Crippen LogP contribution in [0.5, 0.6) is 0 Å². The van der Waals surface area contributed by atoms with E-state index < -0.39 is 0 Å². The number of nitrogens with one attached hydrogen (secondary N) is 2. The molecule has 0 bridgehead atoms. The molecule has 0 aliphatic heterocycles. The summed E-state index contributed by atoms with van der Waals surface area (Å²) in [6, 6.07) is 15.5. The van der Waals surface area contributed by atoms with Gasteiger partial charge in [-0.05, 0) is 29.7 Å². The fraction of sp³-hybridized carbons (Fsp3) is 0.211. The maximum atomic E-state index is 12.0. The molecule has 0 aliphatic rings. The molecule has 0 fully saturated rings. The molecular weight excluding hydrogens is 334 g/mol. The van der Waals surface area contributed by atoms with E-state index >= 15 is 0 Å². The molecule has 0 spiro atoms. The molecule has 2 amide bonds. The van der Waals surface area contributed by atoms with E-state index in [0.717, 1.165) is 22.2 Å². The van der Waals surface area contributed by atoms with Gasteiger partial charge >= 0.3 is 0 Å². The quantitative estimate of drug-likeness (QED) is 0.715. The average molecular weight is 353 g/mol. The van der Waals surface area contributed by atoms with Crippen LogP contribution >= 0.6 is 11.3 Å². The zero-order valence-electron chi connectivity index (χ0n) is 13.9. The Kier molecular flexibility index (Phi) is 5.40. The highest BCUT2D eigenvalue weighted by atomic mass is 32.1. The highest BCUT2D eigenvalue weighted by Crippen LogP contribution is 2.26. The lowest BCUT2D eigenvalue weighted by molar-refractivity contribution is -0.123. The van der Waals surface area contributed by atoms with E-state index in [-0.39, 0.29) is 24.8 Å². The van der Waals surface area contributed by atoms with Crippen LogP contribution in [0.3, 0.4) is 0 Å². The van der Waals surface area contributed by atoms with Crippen LogP contribution in [0.1, 0.15) is 18.1 Å². The van der Waals surface area contributed by atoms with Crippen molar-refractivity contribution in [3.8, 4) is 0 Å². The van der Waals surface area contributed by atoms with E-state index in [9.17, 15) is 9.59 Å². The first-order chi connectivity index (χ1) is 12.1. The second kappa shape index (κ2) is 7.90. The fourth-order valence-electron chi connectivity index (χ4n) is 2.43. The van der Waals surface area contributed by atoms with Crippen molar-refractivity contribution in [2.45, 2.75) is 19.8 Å². The van der Waals surface area contributed by atoms with Gasteiger partial charge in [-0.1, -0.05) is 54.7 Å². The molecular formula is C19H19N3O2S. The number of rotatable bonds is 6. The summed E-state index contributed by atoms with van der Waals surface area (Å²) in [5.74, 6) is -0.463. The molecule has 0 atom stereocenters. The van der Waals surface area contributed by atoms with Crippen molar-refractivity contribution in [1.82, 2.24) is 10.3 Å². The standard InChI is InChI=1S/C19H19N3O2S/c1-2-13-8-9-15-16(10-13)25-19(21-15)22-18(24)12-20-17(23)11-14-6-4-3-5-7-14/h3-10H,2,11-12H2,1H3,(H,20,23)(H,21,22,24). The van der Waals surface area contributed by atoms with Crippen LogP contribution in [-0.2, 0) is 22.4 Å². The third kappa shape index (κ3) is 4.64. The van der Waals surface area contributed by atoms with Gasteiger partial charge in [0.25, 0.3) is 0 Å². The summed E-state index contributed by atoms with van der Waals surface area (Å²) in [6.07, 6.45) is 1.22. The molecule has 0 radical (unpaired) electrons. The minimum absolute atomic E-state index is 0.0677. The molecule has 0 aliphatic carbocycles. The number of anilines is 1. The van der Waals surface area contributed by atoms with E-state index in [0.29, 0.717) is 5.13 Å². The predicted octanol–water partition coefficient (Wildman–Crippen LogP) is 3.16. The molecule has 5 nitrogen and oxygen atoms in total. The van der Waals surface area contributed by atoms with Gasteiger partial charge < -0.3 is 10.6 Å². The number of carbonyl (C=O) groups excluding carboxylic acids is 2.